The monoisotopic (exact) mass is 684 g/mol. The number of ether oxygens (including phenoxy) is 5. The van der Waals surface area contributed by atoms with E-state index in [0.717, 1.165) is 10.0 Å². The number of esters is 1. The normalized spacial score (nSPS) is 22.8. The number of carbonyl (C=O) groups excluding carboxylic acids is 1. The zero-order valence-electron chi connectivity index (χ0n) is 26.7. The second kappa shape index (κ2) is 17.2. The van der Waals surface area contributed by atoms with Gasteiger partial charge in [0.2, 0.25) is 0 Å². The maximum atomic E-state index is 12.5. The summed E-state index contributed by atoms with van der Waals surface area (Å²) in [5.41, 5.74) is 2.22. The van der Waals surface area contributed by atoms with Gasteiger partial charge in [0.05, 0.1) is 0 Å². The second-order valence-electron chi connectivity index (χ2n) is 12.1. The summed E-state index contributed by atoms with van der Waals surface area (Å²) in [5.74, 6) is -0.435. The van der Waals surface area contributed by atoms with Crippen LogP contribution in [0.1, 0.15) is 38.8 Å². The van der Waals surface area contributed by atoms with Crippen LogP contribution in [-0.2, 0) is 49.3 Å². The Labute approximate surface area is 264 Å². The molecule has 1 aliphatic rings. The van der Waals surface area contributed by atoms with Gasteiger partial charge in [0.1, 0.15) is 0 Å². The van der Waals surface area contributed by atoms with Crippen molar-refractivity contribution in [3.63, 3.8) is 0 Å². The Morgan fingerprint density at radius 2 is 1.65 bits per heavy atom. The number of hydrogen-bond acceptors (Lipinski definition) is 9. The molecule has 11 heteroatoms. The van der Waals surface area contributed by atoms with Crippen molar-refractivity contribution in [3.05, 3.63) is 65.7 Å². The number of benzene rings is 2. The Morgan fingerprint density at radius 1 is 0.953 bits per heavy atom. The average molecular weight is 684 g/mol. The second-order valence-corrected chi connectivity index (χ2v) is 19.3. The van der Waals surface area contributed by atoms with Gasteiger partial charge < -0.3 is 0 Å². The first-order chi connectivity index (χ1) is 20.4. The zero-order chi connectivity index (χ0) is 31.5. The summed E-state index contributed by atoms with van der Waals surface area (Å²) in [6.45, 7) is 15.6. The third-order valence-electron chi connectivity index (χ3n) is 7.54. The number of rotatable bonds is 16. The van der Waals surface area contributed by atoms with Crippen molar-refractivity contribution < 1.29 is 42.7 Å². The van der Waals surface area contributed by atoms with E-state index in [1.54, 1.807) is 7.11 Å². The Balaban J connectivity index is 1.94. The van der Waals surface area contributed by atoms with Crippen LogP contribution in [0.15, 0.2) is 54.6 Å². The number of methoxy groups -OCH3 is 1. The molecule has 1 heterocycles. The third kappa shape index (κ3) is 11.3. The Bertz CT molecular complexity index is 1090. The summed E-state index contributed by atoms with van der Waals surface area (Å²) < 4.78 is 37.5. The molecule has 1 aliphatic heterocycles. The van der Waals surface area contributed by atoms with E-state index in [1.807, 2.05) is 30.3 Å². The first-order valence-electron chi connectivity index (χ1n) is 14.6. The molecule has 9 nitrogen and oxygen atoms in total. The van der Waals surface area contributed by atoms with Crippen LogP contribution < -0.4 is 4.46 Å². The Hall–Kier alpha value is -1.63. The molecule has 3 rings (SSSR count). The molecule has 2 aromatic rings. The van der Waals surface area contributed by atoms with Crippen molar-refractivity contribution in [3.8, 4) is 0 Å². The van der Waals surface area contributed by atoms with Gasteiger partial charge in [-0.05, 0) is 0 Å². The Morgan fingerprint density at radius 3 is 2.28 bits per heavy atom. The molecule has 0 unspecified atom stereocenters. The van der Waals surface area contributed by atoms with Crippen LogP contribution in [0.4, 0.5) is 0 Å². The molecular weight excluding hydrogens is 635 g/mol. The zero-order valence-corrected chi connectivity index (χ0v) is 29.4. The maximum absolute atomic E-state index is 12.5. The fourth-order valence-corrected chi connectivity index (χ4v) is 7.75. The summed E-state index contributed by atoms with van der Waals surface area (Å²) in [4.78, 5) is 24.1. The Kier molecular flexibility index (Phi) is 14.3. The van der Waals surface area contributed by atoms with E-state index in [0.29, 0.717) is 19.8 Å². The third-order valence-corrected chi connectivity index (χ3v) is 14.4. The first kappa shape index (κ1) is 35.8. The molecule has 5 atom stereocenters. The molecule has 2 aromatic carbocycles. The first-order valence-corrected chi connectivity index (χ1v) is 19.4. The van der Waals surface area contributed by atoms with Gasteiger partial charge in [-0.2, -0.15) is 0 Å². The van der Waals surface area contributed by atoms with E-state index in [2.05, 4.69) is 65.1 Å². The number of hydrogen-bond donors (Lipinski definition) is 0. The van der Waals surface area contributed by atoms with Crippen LogP contribution in [0.3, 0.4) is 0 Å². The fraction of sp³-hybridized carbons (Fsp3) is 0.594. The van der Waals surface area contributed by atoms with Crippen LogP contribution in [0.2, 0.25) is 18.1 Å². The van der Waals surface area contributed by atoms with Gasteiger partial charge in [0, 0.05) is 0 Å². The van der Waals surface area contributed by atoms with Gasteiger partial charge in [0.15, 0.2) is 0 Å². The molecular formula is C32H48O9SeSi. The van der Waals surface area contributed by atoms with E-state index >= 15 is 0 Å². The molecule has 0 radical (unpaired) electrons. The fourth-order valence-electron chi connectivity index (χ4n) is 4.15. The summed E-state index contributed by atoms with van der Waals surface area (Å²) in [7, 11) is -0.792. The predicted molar refractivity (Wildman–Crippen MR) is 168 cm³/mol. The van der Waals surface area contributed by atoms with Crippen molar-refractivity contribution in [1.82, 2.24) is 0 Å². The van der Waals surface area contributed by atoms with E-state index in [9.17, 15) is 4.79 Å². The van der Waals surface area contributed by atoms with Crippen LogP contribution in [0.5, 0.6) is 0 Å². The van der Waals surface area contributed by atoms with Crippen molar-refractivity contribution in [1.29, 1.82) is 0 Å². The minimum absolute atomic E-state index is 0.0984. The van der Waals surface area contributed by atoms with E-state index < -0.39 is 43.7 Å². The molecule has 1 fully saturated rings. The predicted octanol–water partition coefficient (Wildman–Crippen LogP) is 4.53. The van der Waals surface area contributed by atoms with E-state index in [4.69, 9.17) is 37.9 Å². The molecule has 0 aliphatic carbocycles. The van der Waals surface area contributed by atoms with Gasteiger partial charge in [-0.3, -0.25) is 0 Å². The standard InChI is InChI=1S/C32H48O9SeSi/c1-23-14-16-26(17-15-23)42-31-30(40-37-22-35-19-18-34-6)29(41-43(7,8)32(3,4)5)28(38-24(2)33)27(39-31)21-36-20-25-12-10-9-11-13-25/h9-17,27-31H,18-22H2,1-8H3/t27-,28-,29+,30-,31+/m1/s1. The van der Waals surface area contributed by atoms with Crippen LogP contribution in [-0.4, -0.2) is 92.4 Å². The van der Waals surface area contributed by atoms with Gasteiger partial charge in [-0.1, -0.05) is 0 Å². The molecule has 0 bridgehead atoms. The van der Waals surface area contributed by atoms with Crippen molar-refractivity contribution in [2.45, 2.75) is 88.8 Å². The van der Waals surface area contributed by atoms with E-state index in [-0.39, 0.29) is 33.4 Å². The molecule has 0 N–H and O–H groups in total. The van der Waals surface area contributed by atoms with Crippen molar-refractivity contribution in [2.75, 3.05) is 33.7 Å². The molecule has 43 heavy (non-hydrogen) atoms. The molecule has 0 spiro atoms. The van der Waals surface area contributed by atoms with Crippen LogP contribution in [0.25, 0.3) is 0 Å². The molecule has 240 valence electrons. The average Bonchev–Trinajstić information content (AvgIpc) is 2.94. The van der Waals surface area contributed by atoms with Gasteiger partial charge in [0.25, 0.3) is 0 Å². The molecule has 0 amide bonds. The van der Waals surface area contributed by atoms with Crippen LogP contribution >= 0.6 is 0 Å². The SMILES string of the molecule is COCCOCOO[C@@H]1[C@@H](O[Si](C)(C)C(C)(C)C)[C@H](OC(C)=O)[C@@H](COCc2ccccc2)O[C@H]1[Se]c1ccc(C)cc1. The molecule has 1 saturated heterocycles. The quantitative estimate of drug-likeness (QED) is 0.0633. The summed E-state index contributed by atoms with van der Waals surface area (Å²) in [6, 6.07) is 18.3. The summed E-state index contributed by atoms with van der Waals surface area (Å²) >= 11 is -0.202. The number of carbonyl (C=O) groups is 1. The molecule has 0 aromatic heterocycles. The number of aryl methyl sites for hydroxylation is 1. The van der Waals surface area contributed by atoms with Crippen LogP contribution in [0, 0.1) is 6.92 Å². The summed E-state index contributed by atoms with van der Waals surface area (Å²) in [5, 5.41) is -0.543. The summed E-state index contributed by atoms with van der Waals surface area (Å²) in [6.07, 6.45) is -2.73. The van der Waals surface area contributed by atoms with Crippen molar-refractivity contribution in [2.24, 2.45) is 0 Å². The molecule has 0 saturated carbocycles. The topological polar surface area (TPSA) is 90.9 Å². The van der Waals surface area contributed by atoms with E-state index in [1.165, 1.54) is 12.5 Å². The van der Waals surface area contributed by atoms with Gasteiger partial charge in [-0.15, -0.1) is 0 Å². The van der Waals surface area contributed by atoms with Gasteiger partial charge in [-0.25, -0.2) is 0 Å². The minimum atomic E-state index is -2.40. The van der Waals surface area contributed by atoms with Crippen molar-refractivity contribution >= 4 is 33.7 Å². The van der Waals surface area contributed by atoms with Gasteiger partial charge >= 0.3 is 265 Å².